The number of carbonyl (C=O) groups excluding carboxylic acids is 1. The Morgan fingerprint density at radius 2 is 2.32 bits per heavy atom. The SMILES string of the molecule is COC(=O)c1ccc(CSc2nccn2C)c(Br)c1. The zero-order valence-corrected chi connectivity index (χ0v) is 13.0. The Kier molecular flexibility index (Phi) is 4.66. The summed E-state index contributed by atoms with van der Waals surface area (Å²) in [5.41, 5.74) is 1.65. The number of nitrogens with zero attached hydrogens (tertiary/aromatic N) is 2. The summed E-state index contributed by atoms with van der Waals surface area (Å²) in [7, 11) is 3.34. The second-order valence-electron chi connectivity index (χ2n) is 3.91. The highest BCUT2D eigenvalue weighted by Gasteiger charge is 2.09. The lowest BCUT2D eigenvalue weighted by Crippen LogP contribution is -2.01. The van der Waals surface area contributed by atoms with Crippen LogP contribution >= 0.6 is 27.7 Å². The van der Waals surface area contributed by atoms with E-state index in [1.165, 1.54) is 7.11 Å². The van der Waals surface area contributed by atoms with E-state index in [0.29, 0.717) is 5.56 Å². The molecule has 0 radical (unpaired) electrons. The van der Waals surface area contributed by atoms with Crippen molar-refractivity contribution in [2.75, 3.05) is 7.11 Å². The van der Waals surface area contributed by atoms with E-state index in [4.69, 9.17) is 0 Å². The van der Waals surface area contributed by atoms with Gasteiger partial charge in [0.2, 0.25) is 0 Å². The number of ether oxygens (including phenoxy) is 1. The van der Waals surface area contributed by atoms with Crippen molar-refractivity contribution >= 4 is 33.7 Å². The van der Waals surface area contributed by atoms with Crippen molar-refractivity contribution in [2.45, 2.75) is 10.9 Å². The summed E-state index contributed by atoms with van der Waals surface area (Å²) in [6.45, 7) is 0. The lowest BCUT2D eigenvalue weighted by atomic mass is 10.1. The van der Waals surface area contributed by atoms with Crippen LogP contribution in [0.15, 0.2) is 40.2 Å². The summed E-state index contributed by atoms with van der Waals surface area (Å²) >= 11 is 5.13. The van der Waals surface area contributed by atoms with Crippen molar-refractivity contribution in [3.05, 3.63) is 46.2 Å². The molecule has 100 valence electrons. The van der Waals surface area contributed by atoms with Crippen LogP contribution in [0.1, 0.15) is 15.9 Å². The van der Waals surface area contributed by atoms with Gasteiger partial charge in [0.25, 0.3) is 0 Å². The fourth-order valence-electron chi connectivity index (χ4n) is 1.54. The summed E-state index contributed by atoms with van der Waals surface area (Å²) in [5.74, 6) is 0.455. The van der Waals surface area contributed by atoms with Gasteiger partial charge in [-0.15, -0.1) is 0 Å². The minimum Gasteiger partial charge on any atom is -0.465 e. The predicted octanol–water partition coefficient (Wildman–Crippen LogP) is 3.26. The maximum Gasteiger partial charge on any atom is 0.337 e. The molecule has 2 aromatic rings. The monoisotopic (exact) mass is 340 g/mol. The number of methoxy groups -OCH3 is 1. The average molecular weight is 341 g/mol. The first-order valence-electron chi connectivity index (χ1n) is 5.58. The Labute approximate surface area is 124 Å². The number of thioether (sulfide) groups is 1. The van der Waals surface area contributed by atoms with E-state index in [9.17, 15) is 4.79 Å². The van der Waals surface area contributed by atoms with Gasteiger partial charge in [-0.1, -0.05) is 33.8 Å². The Hall–Kier alpha value is -1.27. The minimum absolute atomic E-state index is 0.330. The number of hydrogen-bond donors (Lipinski definition) is 0. The van der Waals surface area contributed by atoms with Crippen molar-refractivity contribution in [3.63, 3.8) is 0 Å². The molecule has 1 aromatic heterocycles. The Morgan fingerprint density at radius 1 is 1.53 bits per heavy atom. The molecule has 0 atom stereocenters. The molecule has 1 aromatic carbocycles. The van der Waals surface area contributed by atoms with Crippen molar-refractivity contribution in [1.29, 1.82) is 0 Å². The van der Waals surface area contributed by atoms with Gasteiger partial charge in [-0.3, -0.25) is 0 Å². The summed E-state index contributed by atoms with van der Waals surface area (Å²) < 4.78 is 7.56. The first-order valence-corrected chi connectivity index (χ1v) is 7.36. The van der Waals surface area contributed by atoms with E-state index < -0.39 is 0 Å². The number of esters is 1. The highest BCUT2D eigenvalue weighted by Crippen LogP contribution is 2.26. The molecule has 0 fully saturated rings. The molecule has 0 aliphatic carbocycles. The van der Waals surface area contributed by atoms with E-state index in [0.717, 1.165) is 20.9 Å². The van der Waals surface area contributed by atoms with Crippen molar-refractivity contribution in [2.24, 2.45) is 7.05 Å². The lowest BCUT2D eigenvalue weighted by Gasteiger charge is -2.06. The zero-order valence-electron chi connectivity index (χ0n) is 10.6. The van der Waals surface area contributed by atoms with Crippen molar-refractivity contribution < 1.29 is 9.53 Å². The highest BCUT2D eigenvalue weighted by atomic mass is 79.9. The fraction of sp³-hybridized carbons (Fsp3) is 0.231. The van der Waals surface area contributed by atoms with Crippen molar-refractivity contribution in [3.8, 4) is 0 Å². The summed E-state index contributed by atoms with van der Waals surface area (Å²) in [6.07, 6.45) is 3.69. The zero-order chi connectivity index (χ0) is 13.8. The summed E-state index contributed by atoms with van der Waals surface area (Å²) in [5, 5.41) is 0.962. The predicted molar refractivity (Wildman–Crippen MR) is 78.3 cm³/mol. The van der Waals surface area contributed by atoms with Gasteiger partial charge in [-0.05, 0) is 17.7 Å². The van der Waals surface area contributed by atoms with Crippen LogP contribution in [0.4, 0.5) is 0 Å². The third-order valence-electron chi connectivity index (χ3n) is 2.61. The quantitative estimate of drug-likeness (QED) is 0.632. The van der Waals surface area contributed by atoms with E-state index in [-0.39, 0.29) is 5.97 Å². The standard InChI is InChI=1S/C13H13BrN2O2S/c1-16-6-5-15-13(16)19-8-10-4-3-9(7-11(10)14)12(17)18-2/h3-7H,8H2,1-2H3. The van der Waals surface area contributed by atoms with Crippen LogP contribution in [0.3, 0.4) is 0 Å². The molecule has 0 N–H and O–H groups in total. The molecule has 0 unspecified atom stereocenters. The van der Waals surface area contributed by atoms with Gasteiger partial charge in [0.15, 0.2) is 5.16 Å². The molecule has 4 nitrogen and oxygen atoms in total. The van der Waals surface area contributed by atoms with Gasteiger partial charge in [-0.25, -0.2) is 9.78 Å². The second kappa shape index (κ2) is 6.25. The van der Waals surface area contributed by atoms with Crippen LogP contribution in [0.25, 0.3) is 0 Å². The van der Waals surface area contributed by atoms with Gasteiger partial charge >= 0.3 is 5.97 Å². The molecule has 0 amide bonds. The third-order valence-corrected chi connectivity index (χ3v) is 4.45. The van der Waals surface area contributed by atoms with Gasteiger partial charge in [0.05, 0.1) is 12.7 Å². The first kappa shape index (κ1) is 14.1. The number of aromatic nitrogens is 2. The maximum absolute atomic E-state index is 11.4. The van der Waals surface area contributed by atoms with Crippen LogP contribution < -0.4 is 0 Å². The molecule has 0 aliphatic heterocycles. The highest BCUT2D eigenvalue weighted by molar-refractivity contribution is 9.10. The summed E-state index contributed by atoms with van der Waals surface area (Å²) in [4.78, 5) is 15.7. The molecule has 0 bridgehead atoms. The van der Waals surface area contributed by atoms with Crippen LogP contribution in [0, 0.1) is 0 Å². The number of carbonyl (C=O) groups is 1. The van der Waals surface area contributed by atoms with Gasteiger partial charge < -0.3 is 9.30 Å². The molecule has 0 aliphatic rings. The third kappa shape index (κ3) is 3.39. The first-order chi connectivity index (χ1) is 9.11. The molecule has 0 saturated heterocycles. The molecular formula is C13H13BrN2O2S. The molecule has 1 heterocycles. The smallest absolute Gasteiger partial charge is 0.337 e. The molecule has 19 heavy (non-hydrogen) atoms. The van der Waals surface area contributed by atoms with Crippen LogP contribution in [-0.2, 0) is 17.5 Å². The number of halogens is 1. The van der Waals surface area contributed by atoms with E-state index in [1.807, 2.05) is 23.9 Å². The fourth-order valence-corrected chi connectivity index (χ4v) is 3.18. The van der Waals surface area contributed by atoms with E-state index >= 15 is 0 Å². The molecule has 6 heteroatoms. The number of imidazole rings is 1. The molecule has 0 spiro atoms. The van der Waals surface area contributed by atoms with Gasteiger partial charge in [0, 0.05) is 29.7 Å². The average Bonchev–Trinajstić information content (AvgIpc) is 2.82. The molecular weight excluding hydrogens is 328 g/mol. The second-order valence-corrected chi connectivity index (χ2v) is 5.70. The molecule has 2 rings (SSSR count). The maximum atomic E-state index is 11.4. The van der Waals surface area contributed by atoms with Crippen LogP contribution in [0.5, 0.6) is 0 Å². The minimum atomic E-state index is -0.330. The van der Waals surface area contributed by atoms with Gasteiger partial charge in [0.1, 0.15) is 0 Å². The Bertz CT molecular complexity index is 598. The van der Waals surface area contributed by atoms with Crippen LogP contribution in [-0.4, -0.2) is 22.6 Å². The Morgan fingerprint density at radius 3 is 2.89 bits per heavy atom. The van der Waals surface area contributed by atoms with E-state index in [2.05, 4.69) is 25.7 Å². The Balaban J connectivity index is 2.09. The molecule has 0 saturated carbocycles. The van der Waals surface area contributed by atoms with E-state index in [1.54, 1.807) is 30.1 Å². The van der Waals surface area contributed by atoms with Gasteiger partial charge in [-0.2, -0.15) is 0 Å². The van der Waals surface area contributed by atoms with Crippen molar-refractivity contribution in [1.82, 2.24) is 9.55 Å². The van der Waals surface area contributed by atoms with Crippen LogP contribution in [0.2, 0.25) is 0 Å². The summed E-state index contributed by atoms with van der Waals surface area (Å²) in [6, 6.07) is 5.47. The number of rotatable bonds is 4. The lowest BCUT2D eigenvalue weighted by molar-refractivity contribution is 0.0600. The number of hydrogen-bond acceptors (Lipinski definition) is 4. The largest absolute Gasteiger partial charge is 0.465 e. The number of benzene rings is 1. The topological polar surface area (TPSA) is 44.1 Å². The normalized spacial score (nSPS) is 10.5. The number of aryl methyl sites for hydroxylation is 1.